The third-order valence-electron chi connectivity index (χ3n) is 2.07. The third kappa shape index (κ3) is 1.77. The normalized spacial score (nSPS) is 10.4. The molecular weight excluding hydrogens is 198 g/mol. The summed E-state index contributed by atoms with van der Waals surface area (Å²) in [4.78, 5) is 0. The quantitative estimate of drug-likeness (QED) is 0.757. The molecule has 0 saturated carbocycles. The Labute approximate surface area is 87.3 Å². The van der Waals surface area contributed by atoms with E-state index in [1.807, 2.05) is 29.7 Å². The Bertz CT molecular complexity index is 403. The number of benzene rings is 1. The lowest BCUT2D eigenvalue weighted by atomic mass is 10.2. The number of aryl methyl sites for hydroxylation is 1. The zero-order valence-corrected chi connectivity index (χ0v) is 8.57. The molecule has 3 nitrogen and oxygen atoms in total. The Morgan fingerprint density at radius 2 is 1.93 bits per heavy atom. The first-order chi connectivity index (χ1) is 6.77. The first kappa shape index (κ1) is 9.21. The predicted molar refractivity (Wildman–Crippen MR) is 55.3 cm³/mol. The molecular formula is C10H10ClN3. The minimum absolute atomic E-state index is 0.436. The fourth-order valence-corrected chi connectivity index (χ4v) is 1.52. The van der Waals surface area contributed by atoms with Crippen molar-refractivity contribution < 1.29 is 0 Å². The van der Waals surface area contributed by atoms with Gasteiger partial charge in [-0.15, -0.1) is 10.2 Å². The van der Waals surface area contributed by atoms with Gasteiger partial charge in [-0.2, -0.15) is 0 Å². The lowest BCUT2D eigenvalue weighted by molar-refractivity contribution is 0.762. The van der Waals surface area contributed by atoms with Crippen LogP contribution < -0.4 is 0 Å². The number of hydrogen-bond acceptors (Lipinski definition) is 2. The van der Waals surface area contributed by atoms with Crippen LogP contribution in [0, 0.1) is 6.92 Å². The number of aromatic nitrogens is 3. The molecule has 2 aromatic rings. The molecule has 0 N–H and O–H groups in total. The zero-order chi connectivity index (χ0) is 9.97. The first-order valence-electron chi connectivity index (χ1n) is 4.36. The van der Waals surface area contributed by atoms with E-state index < -0.39 is 0 Å². The van der Waals surface area contributed by atoms with Crippen molar-refractivity contribution in [3.05, 3.63) is 47.0 Å². The van der Waals surface area contributed by atoms with E-state index >= 15 is 0 Å². The summed E-state index contributed by atoms with van der Waals surface area (Å²) in [5, 5.41) is 8.12. The van der Waals surface area contributed by atoms with Crippen LogP contribution in [0.1, 0.15) is 11.4 Å². The monoisotopic (exact) mass is 207 g/mol. The Hall–Kier alpha value is -1.35. The minimum atomic E-state index is 0.436. The van der Waals surface area contributed by atoms with Gasteiger partial charge in [-0.1, -0.05) is 30.3 Å². The molecule has 1 heterocycles. The topological polar surface area (TPSA) is 30.7 Å². The average molecular weight is 208 g/mol. The molecule has 0 atom stereocenters. The van der Waals surface area contributed by atoms with E-state index in [9.17, 15) is 0 Å². The number of rotatable bonds is 2. The van der Waals surface area contributed by atoms with Gasteiger partial charge in [-0.3, -0.25) is 4.57 Å². The predicted octanol–water partition coefficient (Wildman–Crippen LogP) is 2.29. The van der Waals surface area contributed by atoms with Crippen LogP contribution in [0.5, 0.6) is 0 Å². The molecule has 2 rings (SSSR count). The highest BCUT2D eigenvalue weighted by Crippen LogP contribution is 2.10. The number of halogens is 1. The fourth-order valence-electron chi connectivity index (χ4n) is 1.30. The van der Waals surface area contributed by atoms with Crippen LogP contribution in [-0.4, -0.2) is 14.8 Å². The molecule has 0 fully saturated rings. The summed E-state index contributed by atoms with van der Waals surface area (Å²) < 4.78 is 1.87. The van der Waals surface area contributed by atoms with E-state index in [1.54, 1.807) is 0 Å². The van der Waals surface area contributed by atoms with Crippen LogP contribution in [0.3, 0.4) is 0 Å². The summed E-state index contributed by atoms with van der Waals surface area (Å²) in [7, 11) is 0. The molecule has 0 unspecified atom stereocenters. The standard InChI is InChI=1S/C10H10ClN3/c1-8-12-13-10(11)14(8)7-9-5-3-2-4-6-9/h2-6H,7H2,1H3. The van der Waals surface area contributed by atoms with E-state index in [4.69, 9.17) is 11.6 Å². The van der Waals surface area contributed by atoms with Crippen LogP contribution in [0.15, 0.2) is 30.3 Å². The Morgan fingerprint density at radius 3 is 2.50 bits per heavy atom. The van der Waals surface area contributed by atoms with E-state index in [0.29, 0.717) is 5.28 Å². The highest BCUT2D eigenvalue weighted by Gasteiger charge is 2.05. The van der Waals surface area contributed by atoms with Crippen LogP contribution in [-0.2, 0) is 6.54 Å². The van der Waals surface area contributed by atoms with Crippen LogP contribution in [0.2, 0.25) is 5.28 Å². The lowest BCUT2D eigenvalue weighted by Crippen LogP contribution is -2.01. The smallest absolute Gasteiger partial charge is 0.225 e. The third-order valence-corrected chi connectivity index (χ3v) is 2.35. The van der Waals surface area contributed by atoms with Gasteiger partial charge in [0.05, 0.1) is 6.54 Å². The SMILES string of the molecule is Cc1nnc(Cl)n1Cc1ccccc1. The first-order valence-corrected chi connectivity index (χ1v) is 4.74. The molecule has 0 amide bonds. The van der Waals surface area contributed by atoms with E-state index in [-0.39, 0.29) is 0 Å². The molecule has 0 spiro atoms. The molecule has 4 heteroatoms. The largest absolute Gasteiger partial charge is 0.298 e. The molecule has 1 aromatic carbocycles. The highest BCUT2D eigenvalue weighted by molar-refractivity contribution is 6.28. The second-order valence-corrected chi connectivity index (χ2v) is 3.43. The molecule has 72 valence electrons. The van der Waals surface area contributed by atoms with Gasteiger partial charge in [-0.25, -0.2) is 0 Å². The maximum absolute atomic E-state index is 5.88. The van der Waals surface area contributed by atoms with Crippen molar-refractivity contribution in [1.29, 1.82) is 0 Å². The van der Waals surface area contributed by atoms with Crippen molar-refractivity contribution in [2.75, 3.05) is 0 Å². The Balaban J connectivity index is 2.27. The molecule has 0 aliphatic rings. The molecule has 0 bridgehead atoms. The van der Waals surface area contributed by atoms with Gasteiger partial charge in [0.25, 0.3) is 0 Å². The van der Waals surface area contributed by atoms with Gasteiger partial charge in [0.15, 0.2) is 0 Å². The van der Waals surface area contributed by atoms with Gasteiger partial charge in [0, 0.05) is 0 Å². The van der Waals surface area contributed by atoms with Crippen molar-refractivity contribution in [1.82, 2.24) is 14.8 Å². The van der Waals surface area contributed by atoms with Crippen molar-refractivity contribution in [2.24, 2.45) is 0 Å². The van der Waals surface area contributed by atoms with Crippen molar-refractivity contribution in [3.8, 4) is 0 Å². The summed E-state index contributed by atoms with van der Waals surface area (Å²) in [5.74, 6) is 0.832. The van der Waals surface area contributed by atoms with Gasteiger partial charge < -0.3 is 0 Å². The second kappa shape index (κ2) is 3.80. The second-order valence-electron chi connectivity index (χ2n) is 3.09. The van der Waals surface area contributed by atoms with Crippen molar-refractivity contribution in [2.45, 2.75) is 13.5 Å². The van der Waals surface area contributed by atoms with Gasteiger partial charge in [0.1, 0.15) is 5.82 Å². The van der Waals surface area contributed by atoms with Crippen LogP contribution in [0.25, 0.3) is 0 Å². The maximum atomic E-state index is 5.88. The molecule has 1 aromatic heterocycles. The van der Waals surface area contributed by atoms with Gasteiger partial charge >= 0.3 is 0 Å². The van der Waals surface area contributed by atoms with Crippen molar-refractivity contribution >= 4 is 11.6 Å². The molecule has 14 heavy (non-hydrogen) atoms. The molecule has 0 radical (unpaired) electrons. The summed E-state index contributed by atoms with van der Waals surface area (Å²) in [6.45, 7) is 2.61. The summed E-state index contributed by atoms with van der Waals surface area (Å²) >= 11 is 5.88. The molecule has 0 saturated heterocycles. The number of nitrogens with zero attached hydrogens (tertiary/aromatic N) is 3. The molecule has 0 aliphatic carbocycles. The van der Waals surface area contributed by atoms with E-state index in [1.165, 1.54) is 5.56 Å². The van der Waals surface area contributed by atoms with Gasteiger partial charge in [-0.05, 0) is 24.1 Å². The summed E-state index contributed by atoms with van der Waals surface area (Å²) in [6, 6.07) is 10.1. The minimum Gasteiger partial charge on any atom is -0.298 e. The van der Waals surface area contributed by atoms with E-state index in [0.717, 1.165) is 12.4 Å². The lowest BCUT2D eigenvalue weighted by Gasteiger charge is -2.04. The Morgan fingerprint density at radius 1 is 1.21 bits per heavy atom. The highest BCUT2D eigenvalue weighted by atomic mass is 35.5. The van der Waals surface area contributed by atoms with E-state index in [2.05, 4.69) is 22.3 Å². The zero-order valence-electron chi connectivity index (χ0n) is 7.81. The molecule has 0 aliphatic heterocycles. The Kier molecular flexibility index (Phi) is 2.50. The number of hydrogen-bond donors (Lipinski definition) is 0. The average Bonchev–Trinajstić information content (AvgIpc) is 2.51. The fraction of sp³-hybridized carbons (Fsp3) is 0.200. The van der Waals surface area contributed by atoms with Crippen LogP contribution in [0.4, 0.5) is 0 Å². The van der Waals surface area contributed by atoms with Crippen molar-refractivity contribution in [3.63, 3.8) is 0 Å². The summed E-state index contributed by atoms with van der Waals surface area (Å²) in [5.41, 5.74) is 1.19. The van der Waals surface area contributed by atoms with Gasteiger partial charge in [0.2, 0.25) is 5.28 Å². The summed E-state index contributed by atoms with van der Waals surface area (Å²) in [6.07, 6.45) is 0. The maximum Gasteiger partial charge on any atom is 0.225 e. The van der Waals surface area contributed by atoms with Crippen LogP contribution >= 0.6 is 11.6 Å².